The molecule has 0 unspecified atom stereocenters. The Bertz CT molecular complexity index is 1530. The molecule has 0 radical (unpaired) electrons. The lowest BCUT2D eigenvalue weighted by Crippen LogP contribution is -2.42. The fourth-order valence-corrected chi connectivity index (χ4v) is 10.3. The highest BCUT2D eigenvalue weighted by Crippen LogP contribution is 2.68. The van der Waals surface area contributed by atoms with Gasteiger partial charge in [-0.1, -0.05) is 41.7 Å². The largest absolute Gasteiger partial charge is 0.482 e. The van der Waals surface area contributed by atoms with Crippen LogP contribution in [0.5, 0.6) is 5.75 Å². The molecule has 2 bridgehead atoms. The molecule has 39 heavy (non-hydrogen) atoms. The summed E-state index contributed by atoms with van der Waals surface area (Å²) in [4.78, 5) is 57.1. The Balaban J connectivity index is 1.25. The van der Waals surface area contributed by atoms with E-state index in [4.69, 9.17) is 9.47 Å². The number of thioether (sulfide) groups is 1. The lowest BCUT2D eigenvalue weighted by Gasteiger charge is -2.43. The monoisotopic (exact) mass is 562 g/mol. The van der Waals surface area contributed by atoms with Crippen molar-refractivity contribution in [1.82, 2.24) is 4.98 Å². The van der Waals surface area contributed by atoms with E-state index in [1.54, 1.807) is 24.8 Å². The minimum atomic E-state index is -0.435. The molecule has 1 saturated heterocycles. The molecule has 8 nitrogen and oxygen atoms in total. The van der Waals surface area contributed by atoms with Gasteiger partial charge in [0, 0.05) is 16.0 Å². The van der Waals surface area contributed by atoms with Crippen molar-refractivity contribution >= 4 is 46.6 Å². The first-order chi connectivity index (χ1) is 19.0. The summed E-state index contributed by atoms with van der Waals surface area (Å²) in [6.45, 7) is 1.85. The van der Waals surface area contributed by atoms with Crippen molar-refractivity contribution in [2.45, 2.75) is 29.5 Å². The SMILES string of the molecule is CCOC(=O)COc1cccc([C@@H]2c3sc(=O)[nH]c3S[C@@H]3[C@@H]4C[C@@H]([C@@H]5C(=O)N(c6ccccc6)C(=O)[C@@H]45)[C@H]23)c1. The van der Waals surface area contributed by atoms with E-state index in [-0.39, 0.29) is 70.7 Å². The average Bonchev–Trinajstić information content (AvgIpc) is 3.67. The van der Waals surface area contributed by atoms with Gasteiger partial charge in [-0.3, -0.25) is 19.3 Å². The molecule has 3 fully saturated rings. The number of imide groups is 1. The van der Waals surface area contributed by atoms with Gasteiger partial charge in [0.2, 0.25) is 11.8 Å². The van der Waals surface area contributed by atoms with Crippen LogP contribution in [0.1, 0.15) is 29.7 Å². The Morgan fingerprint density at radius 3 is 2.56 bits per heavy atom. The zero-order valence-electron chi connectivity index (χ0n) is 21.1. The van der Waals surface area contributed by atoms with Crippen LogP contribution in [0.15, 0.2) is 64.4 Å². The highest BCUT2D eigenvalue weighted by molar-refractivity contribution is 8.00. The van der Waals surface area contributed by atoms with Gasteiger partial charge in [0.05, 0.1) is 29.2 Å². The first kappa shape index (κ1) is 24.7. The van der Waals surface area contributed by atoms with E-state index < -0.39 is 5.97 Å². The third-order valence-electron chi connectivity index (χ3n) is 8.62. The number of fused-ring (bicyclic) bond motifs is 9. The smallest absolute Gasteiger partial charge is 0.344 e. The predicted molar refractivity (Wildman–Crippen MR) is 146 cm³/mol. The van der Waals surface area contributed by atoms with Crippen molar-refractivity contribution in [1.29, 1.82) is 0 Å². The molecule has 2 amide bonds. The molecule has 1 N–H and O–H groups in total. The van der Waals surface area contributed by atoms with E-state index in [1.165, 1.54) is 16.2 Å². The molecule has 4 aliphatic rings. The third-order valence-corrected chi connectivity index (χ3v) is 11.2. The van der Waals surface area contributed by atoms with Gasteiger partial charge in [0.1, 0.15) is 5.75 Å². The molecule has 3 heterocycles. The second kappa shape index (κ2) is 9.38. The summed E-state index contributed by atoms with van der Waals surface area (Å²) >= 11 is 2.88. The number of hydrogen-bond donors (Lipinski definition) is 1. The van der Waals surface area contributed by atoms with Gasteiger partial charge in [0.25, 0.3) is 0 Å². The van der Waals surface area contributed by atoms with Crippen LogP contribution in [0.25, 0.3) is 0 Å². The maximum Gasteiger partial charge on any atom is 0.344 e. The summed E-state index contributed by atoms with van der Waals surface area (Å²) in [5.74, 6) is -0.721. The van der Waals surface area contributed by atoms with Gasteiger partial charge in [-0.15, -0.1) is 11.8 Å². The molecule has 2 aliphatic carbocycles. The number of amides is 2. The van der Waals surface area contributed by atoms with Crippen LogP contribution in [0.2, 0.25) is 0 Å². The number of esters is 1. The predicted octanol–water partition coefficient (Wildman–Crippen LogP) is 4.06. The Morgan fingerprint density at radius 2 is 1.79 bits per heavy atom. The van der Waals surface area contributed by atoms with E-state index in [0.29, 0.717) is 11.4 Å². The van der Waals surface area contributed by atoms with Crippen LogP contribution in [0.3, 0.4) is 0 Å². The fraction of sp³-hybridized carbons (Fsp3) is 0.379. The minimum Gasteiger partial charge on any atom is -0.482 e. The zero-order valence-corrected chi connectivity index (χ0v) is 22.7. The van der Waals surface area contributed by atoms with Crippen molar-refractivity contribution in [2.24, 2.45) is 29.6 Å². The van der Waals surface area contributed by atoms with E-state index >= 15 is 0 Å². The lowest BCUT2D eigenvalue weighted by atomic mass is 9.68. The number of thiazole rings is 1. The first-order valence-electron chi connectivity index (χ1n) is 13.2. The van der Waals surface area contributed by atoms with Gasteiger partial charge >= 0.3 is 10.8 Å². The van der Waals surface area contributed by atoms with Crippen LogP contribution in [0, 0.1) is 29.6 Å². The zero-order chi connectivity index (χ0) is 26.8. The fourth-order valence-electron chi connectivity index (χ4n) is 7.36. The van der Waals surface area contributed by atoms with Crippen LogP contribution in [0.4, 0.5) is 5.69 Å². The number of nitrogens with one attached hydrogen (secondary N) is 1. The van der Waals surface area contributed by atoms with Crippen LogP contribution >= 0.6 is 23.1 Å². The van der Waals surface area contributed by atoms with Crippen LogP contribution < -0.4 is 14.5 Å². The van der Waals surface area contributed by atoms with Crippen molar-refractivity contribution in [3.8, 4) is 5.75 Å². The molecule has 0 spiro atoms. The molecule has 2 saturated carbocycles. The van der Waals surface area contributed by atoms with Crippen LogP contribution in [-0.2, 0) is 19.1 Å². The highest BCUT2D eigenvalue weighted by atomic mass is 32.2. The number of hydrogen-bond acceptors (Lipinski definition) is 8. The second-order valence-electron chi connectivity index (χ2n) is 10.5. The number of rotatable bonds is 6. The molecular weight excluding hydrogens is 536 g/mol. The first-order valence-corrected chi connectivity index (χ1v) is 14.9. The lowest BCUT2D eigenvalue weighted by molar-refractivity contribution is -0.145. The maximum absolute atomic E-state index is 13.8. The van der Waals surface area contributed by atoms with Gasteiger partial charge in [-0.05, 0) is 60.9 Å². The number of anilines is 1. The average molecular weight is 563 g/mol. The number of nitrogens with zero attached hydrogens (tertiary/aromatic N) is 1. The maximum atomic E-state index is 13.8. The third kappa shape index (κ3) is 3.79. The molecular formula is C29H26N2O6S2. The molecule has 7 atom stereocenters. The molecule has 2 aliphatic heterocycles. The van der Waals surface area contributed by atoms with Crippen molar-refractivity contribution in [3.05, 3.63) is 74.7 Å². The summed E-state index contributed by atoms with van der Waals surface area (Å²) in [7, 11) is 0. The quantitative estimate of drug-likeness (QED) is 0.357. The van der Waals surface area contributed by atoms with Crippen molar-refractivity contribution < 1.29 is 23.9 Å². The minimum absolute atomic E-state index is 0.0297. The summed E-state index contributed by atoms with van der Waals surface area (Å²) in [6.07, 6.45) is 0.826. The number of benzene rings is 2. The summed E-state index contributed by atoms with van der Waals surface area (Å²) in [5.41, 5.74) is 1.60. The van der Waals surface area contributed by atoms with E-state index in [2.05, 4.69) is 4.98 Å². The van der Waals surface area contributed by atoms with E-state index in [9.17, 15) is 19.2 Å². The number of aromatic nitrogens is 1. The Hall–Kier alpha value is -3.37. The molecule has 10 heteroatoms. The van der Waals surface area contributed by atoms with Crippen molar-refractivity contribution in [2.75, 3.05) is 18.1 Å². The second-order valence-corrected chi connectivity index (χ2v) is 12.7. The number of H-pyrrole nitrogens is 1. The molecule has 200 valence electrons. The Kier molecular flexibility index (Phi) is 5.93. The van der Waals surface area contributed by atoms with Gasteiger partial charge in [-0.25, -0.2) is 4.79 Å². The number of carbonyl (C=O) groups excluding carboxylic acids is 3. The normalized spacial score (nSPS) is 30.2. The number of aromatic amines is 1. The summed E-state index contributed by atoms with van der Waals surface area (Å²) in [6, 6.07) is 16.8. The van der Waals surface area contributed by atoms with Gasteiger partial charge in [-0.2, -0.15) is 0 Å². The highest BCUT2D eigenvalue weighted by Gasteiger charge is 2.69. The Labute approximate surface area is 232 Å². The van der Waals surface area contributed by atoms with E-state index in [1.807, 2.05) is 48.5 Å². The van der Waals surface area contributed by atoms with Gasteiger partial charge in [0.15, 0.2) is 6.61 Å². The summed E-state index contributed by atoms with van der Waals surface area (Å²) in [5, 5.41) is 0.963. The molecule has 1 aromatic heterocycles. The van der Waals surface area contributed by atoms with E-state index in [0.717, 1.165) is 21.9 Å². The molecule has 2 aromatic carbocycles. The van der Waals surface area contributed by atoms with Crippen LogP contribution in [-0.4, -0.2) is 41.2 Å². The summed E-state index contributed by atoms with van der Waals surface area (Å²) < 4.78 is 10.7. The number of ether oxygens (including phenoxy) is 2. The van der Waals surface area contributed by atoms with Crippen molar-refractivity contribution in [3.63, 3.8) is 0 Å². The topological polar surface area (TPSA) is 106 Å². The molecule has 3 aromatic rings. The Morgan fingerprint density at radius 1 is 1.03 bits per heavy atom. The molecule has 7 rings (SSSR count). The number of para-hydroxylation sites is 1. The van der Waals surface area contributed by atoms with Gasteiger partial charge < -0.3 is 14.5 Å². The number of carbonyl (C=O) groups is 3. The standard InChI is InChI=1S/C29H26N2O6S2/c1-2-36-19(32)13-37-16-10-6-7-14(11-16)20-21-17-12-18(24(21)38-26-25(20)39-29(35)30-26)23-22(17)27(33)31(28(23)34)15-8-4-3-5-9-15/h3-11,17-18,20-24H,2,12-13H2,1H3,(H,30,35)/t17-,18-,20+,21-,22+,23+,24-/m1/s1.